The number of nitrogens with zero attached hydrogens (tertiary/aromatic N) is 2. The van der Waals surface area contributed by atoms with Crippen molar-refractivity contribution in [3.05, 3.63) is 23.4 Å². The van der Waals surface area contributed by atoms with Gasteiger partial charge in [-0.25, -0.2) is 4.98 Å². The first-order valence-electron chi connectivity index (χ1n) is 5.49. The van der Waals surface area contributed by atoms with Crippen LogP contribution in [0.5, 0.6) is 0 Å². The van der Waals surface area contributed by atoms with Crippen LogP contribution in [0.3, 0.4) is 0 Å². The van der Waals surface area contributed by atoms with Gasteiger partial charge in [-0.15, -0.1) is 0 Å². The van der Waals surface area contributed by atoms with Gasteiger partial charge < -0.3 is 10.6 Å². The fourth-order valence-corrected chi connectivity index (χ4v) is 3.02. The van der Waals surface area contributed by atoms with E-state index in [1.807, 2.05) is 13.0 Å². The fourth-order valence-electron chi connectivity index (χ4n) is 1.97. The van der Waals surface area contributed by atoms with Crippen LogP contribution < -0.4 is 10.6 Å². The molecule has 0 spiro atoms. The van der Waals surface area contributed by atoms with E-state index in [2.05, 4.69) is 9.88 Å². The van der Waals surface area contributed by atoms with Gasteiger partial charge >= 0.3 is 0 Å². The number of anilines is 1. The lowest BCUT2D eigenvalue weighted by Gasteiger charge is -2.29. The number of hydrogen-bond donors (Lipinski definition) is 2. The zero-order chi connectivity index (χ0) is 12.4. The minimum atomic E-state index is -0.712. The van der Waals surface area contributed by atoms with Crippen LogP contribution in [0.15, 0.2) is 12.3 Å². The summed E-state index contributed by atoms with van der Waals surface area (Å²) in [5.74, 6) is 2.10. The molecule has 2 rings (SSSR count). The molecule has 5 nitrogen and oxygen atoms in total. The van der Waals surface area contributed by atoms with Crippen LogP contribution >= 0.6 is 0 Å². The first-order chi connectivity index (χ1) is 8.09. The summed E-state index contributed by atoms with van der Waals surface area (Å²) >= 11 is 0. The molecule has 1 aromatic rings. The van der Waals surface area contributed by atoms with Gasteiger partial charge in [0.1, 0.15) is 11.7 Å². The molecule has 2 heterocycles. The summed E-state index contributed by atoms with van der Waals surface area (Å²) in [6.07, 6.45) is 1.72. The van der Waals surface area contributed by atoms with Gasteiger partial charge in [-0.05, 0) is 18.6 Å². The summed E-state index contributed by atoms with van der Waals surface area (Å²) in [6.45, 7) is 3.34. The third-order valence-corrected chi connectivity index (χ3v) is 4.16. The van der Waals surface area contributed by atoms with E-state index in [0.29, 0.717) is 30.2 Å². The Morgan fingerprint density at radius 1 is 1.53 bits per heavy atom. The molecular formula is C11H16N4OS. The summed E-state index contributed by atoms with van der Waals surface area (Å²) in [4.78, 5) is 6.38. The Bertz CT molecular complexity index is 465. The van der Waals surface area contributed by atoms with Crippen molar-refractivity contribution in [3.8, 4) is 0 Å². The van der Waals surface area contributed by atoms with Crippen LogP contribution in [0, 0.1) is 12.3 Å². The SMILES string of the molecule is Cc1ccnc(N2CCS(=O)CC2)c1C(=N)N. The molecule has 17 heavy (non-hydrogen) atoms. The van der Waals surface area contributed by atoms with Crippen LogP contribution in [0.4, 0.5) is 5.82 Å². The molecule has 0 atom stereocenters. The minimum Gasteiger partial charge on any atom is -0.384 e. The summed E-state index contributed by atoms with van der Waals surface area (Å²) in [5, 5.41) is 7.63. The predicted molar refractivity (Wildman–Crippen MR) is 70.1 cm³/mol. The topological polar surface area (TPSA) is 83.1 Å². The van der Waals surface area contributed by atoms with E-state index in [9.17, 15) is 4.21 Å². The highest BCUT2D eigenvalue weighted by Crippen LogP contribution is 2.21. The molecule has 0 aliphatic carbocycles. The van der Waals surface area contributed by atoms with Crippen molar-refractivity contribution in [1.82, 2.24) is 4.98 Å². The molecule has 0 aromatic carbocycles. The van der Waals surface area contributed by atoms with E-state index in [4.69, 9.17) is 11.1 Å². The number of aromatic nitrogens is 1. The molecule has 0 amide bonds. The molecule has 1 saturated heterocycles. The first-order valence-corrected chi connectivity index (χ1v) is 6.98. The maximum Gasteiger partial charge on any atom is 0.139 e. The van der Waals surface area contributed by atoms with Crippen molar-refractivity contribution in [3.63, 3.8) is 0 Å². The van der Waals surface area contributed by atoms with Crippen LogP contribution in [0.2, 0.25) is 0 Å². The second-order valence-corrected chi connectivity index (χ2v) is 5.77. The van der Waals surface area contributed by atoms with Crippen molar-refractivity contribution in [1.29, 1.82) is 5.41 Å². The van der Waals surface area contributed by atoms with Gasteiger partial charge in [0.05, 0.1) is 5.56 Å². The normalized spacial score (nSPS) is 17.1. The molecule has 0 radical (unpaired) electrons. The van der Waals surface area contributed by atoms with E-state index in [0.717, 1.165) is 11.4 Å². The maximum absolute atomic E-state index is 11.3. The van der Waals surface area contributed by atoms with Crippen LogP contribution in [0.25, 0.3) is 0 Å². The second kappa shape index (κ2) is 4.83. The molecule has 0 saturated carbocycles. The Morgan fingerprint density at radius 2 is 2.18 bits per heavy atom. The largest absolute Gasteiger partial charge is 0.384 e. The molecule has 3 N–H and O–H groups in total. The molecule has 0 unspecified atom stereocenters. The average Bonchev–Trinajstić information content (AvgIpc) is 2.29. The number of hydrogen-bond acceptors (Lipinski definition) is 4. The number of nitrogens with two attached hydrogens (primary N) is 1. The molecule has 1 aromatic heterocycles. The number of amidine groups is 1. The number of rotatable bonds is 2. The smallest absolute Gasteiger partial charge is 0.139 e. The van der Waals surface area contributed by atoms with Gasteiger partial charge in [0.2, 0.25) is 0 Å². The van der Waals surface area contributed by atoms with Gasteiger partial charge in [0.25, 0.3) is 0 Å². The highest BCUT2D eigenvalue weighted by Gasteiger charge is 2.20. The monoisotopic (exact) mass is 252 g/mol. The standard InChI is InChI=1S/C11H16N4OS/c1-8-2-3-14-11(9(8)10(12)13)15-4-6-17(16)7-5-15/h2-3H,4-7H2,1H3,(H3,12,13). The van der Waals surface area contributed by atoms with Crippen molar-refractivity contribution in [2.75, 3.05) is 29.5 Å². The Labute approximate surface area is 103 Å². The first kappa shape index (κ1) is 12.0. The quantitative estimate of drug-likeness (QED) is 0.583. The third-order valence-electron chi connectivity index (χ3n) is 2.89. The summed E-state index contributed by atoms with van der Waals surface area (Å²) in [7, 11) is -0.712. The Balaban J connectivity index is 2.35. The van der Waals surface area contributed by atoms with Gasteiger partial charge in [-0.3, -0.25) is 9.62 Å². The Morgan fingerprint density at radius 3 is 2.76 bits per heavy atom. The predicted octanol–water partition coefficient (Wildman–Crippen LogP) is 0.243. The molecule has 1 fully saturated rings. The molecule has 1 aliphatic rings. The highest BCUT2D eigenvalue weighted by molar-refractivity contribution is 7.85. The molecular weight excluding hydrogens is 236 g/mol. The lowest BCUT2D eigenvalue weighted by Crippen LogP contribution is -2.39. The minimum absolute atomic E-state index is 0.0392. The Kier molecular flexibility index (Phi) is 3.42. The summed E-state index contributed by atoms with van der Waals surface area (Å²) < 4.78 is 11.3. The number of nitrogens with one attached hydrogen (secondary N) is 1. The van der Waals surface area contributed by atoms with Crippen LogP contribution in [0.1, 0.15) is 11.1 Å². The van der Waals surface area contributed by atoms with Gasteiger partial charge in [-0.2, -0.15) is 0 Å². The van der Waals surface area contributed by atoms with E-state index in [1.54, 1.807) is 6.20 Å². The fraction of sp³-hybridized carbons (Fsp3) is 0.455. The van der Waals surface area contributed by atoms with Crippen molar-refractivity contribution in [2.24, 2.45) is 5.73 Å². The van der Waals surface area contributed by atoms with E-state index < -0.39 is 10.8 Å². The summed E-state index contributed by atoms with van der Waals surface area (Å²) in [6, 6.07) is 1.85. The van der Waals surface area contributed by atoms with Crippen molar-refractivity contribution in [2.45, 2.75) is 6.92 Å². The summed E-state index contributed by atoms with van der Waals surface area (Å²) in [5.41, 5.74) is 7.25. The molecule has 1 aliphatic heterocycles. The van der Waals surface area contributed by atoms with Gasteiger partial charge in [0, 0.05) is 41.6 Å². The zero-order valence-electron chi connectivity index (χ0n) is 9.77. The van der Waals surface area contributed by atoms with Gasteiger partial charge in [-0.1, -0.05) is 0 Å². The average molecular weight is 252 g/mol. The van der Waals surface area contributed by atoms with Crippen molar-refractivity contribution < 1.29 is 4.21 Å². The molecule has 0 bridgehead atoms. The van der Waals surface area contributed by atoms with E-state index >= 15 is 0 Å². The van der Waals surface area contributed by atoms with Crippen LogP contribution in [-0.4, -0.2) is 39.6 Å². The third kappa shape index (κ3) is 2.46. The Hall–Kier alpha value is -1.43. The highest BCUT2D eigenvalue weighted by atomic mass is 32.2. The lowest BCUT2D eigenvalue weighted by molar-refractivity contribution is 0.672. The zero-order valence-corrected chi connectivity index (χ0v) is 10.6. The second-order valence-electron chi connectivity index (χ2n) is 4.08. The number of aryl methyl sites for hydroxylation is 1. The maximum atomic E-state index is 11.3. The van der Waals surface area contributed by atoms with E-state index in [-0.39, 0.29) is 5.84 Å². The van der Waals surface area contributed by atoms with Crippen LogP contribution in [-0.2, 0) is 10.8 Å². The number of nitrogen functional groups attached to an aromatic ring is 1. The molecule has 92 valence electrons. The lowest BCUT2D eigenvalue weighted by atomic mass is 10.1. The number of pyridine rings is 1. The van der Waals surface area contributed by atoms with Crippen molar-refractivity contribution >= 4 is 22.5 Å². The van der Waals surface area contributed by atoms with Gasteiger partial charge in [0.15, 0.2) is 0 Å². The molecule has 6 heteroatoms. The van der Waals surface area contributed by atoms with E-state index in [1.165, 1.54) is 0 Å².